The fourth-order valence-corrected chi connectivity index (χ4v) is 3.68. The van der Waals surface area contributed by atoms with E-state index in [1.54, 1.807) is 0 Å². The van der Waals surface area contributed by atoms with Gasteiger partial charge in [-0.1, -0.05) is 36.4 Å². The largest absolute Gasteiger partial charge is 0.491 e. The average molecular weight is 477 g/mol. The number of ether oxygens (including phenoxy) is 3. The van der Waals surface area contributed by atoms with Crippen molar-refractivity contribution in [2.75, 3.05) is 19.8 Å². The normalized spacial score (nSPS) is 10.9. The lowest BCUT2D eigenvalue weighted by Gasteiger charge is -2.12. The molecule has 182 valence electrons. The molecule has 3 aromatic carbocycles. The molecule has 1 N–H and O–H groups in total. The molecule has 1 heterocycles. The van der Waals surface area contributed by atoms with Crippen LogP contribution >= 0.6 is 0 Å². The minimum absolute atomic E-state index is 0.162. The second-order valence-corrected chi connectivity index (χ2v) is 8.00. The molecule has 0 aliphatic rings. The third-order valence-electron chi connectivity index (χ3n) is 5.42. The van der Waals surface area contributed by atoms with E-state index in [4.69, 9.17) is 18.7 Å². The number of aromatic amines is 1. The Morgan fingerprint density at radius 1 is 0.886 bits per heavy atom. The molecule has 0 radical (unpaired) electrons. The average Bonchev–Trinajstić information content (AvgIpc) is 3.18. The Morgan fingerprint density at radius 3 is 2.40 bits per heavy atom. The Balaban J connectivity index is 1.36. The van der Waals surface area contributed by atoms with E-state index in [-0.39, 0.29) is 6.54 Å². The van der Waals surface area contributed by atoms with E-state index in [0.29, 0.717) is 32.2 Å². The first-order valence-electron chi connectivity index (χ1n) is 11.4. The molecular weight excluding hydrogens is 448 g/mol. The maximum atomic E-state index is 11.6. The van der Waals surface area contributed by atoms with Crippen LogP contribution in [-0.2, 0) is 17.9 Å². The summed E-state index contributed by atoms with van der Waals surface area (Å²) in [4.78, 5) is 24.8. The maximum absolute atomic E-state index is 11.6. The van der Waals surface area contributed by atoms with Gasteiger partial charge in [0.25, 0.3) is 0 Å². The van der Waals surface area contributed by atoms with Crippen molar-refractivity contribution in [1.29, 1.82) is 0 Å². The molecule has 8 heteroatoms. The van der Waals surface area contributed by atoms with Gasteiger partial charge in [-0.2, -0.15) is 0 Å². The van der Waals surface area contributed by atoms with E-state index in [0.717, 1.165) is 38.3 Å². The molecule has 35 heavy (non-hydrogen) atoms. The van der Waals surface area contributed by atoms with E-state index >= 15 is 0 Å². The summed E-state index contributed by atoms with van der Waals surface area (Å²) in [6.07, 6.45) is 0. The van der Waals surface area contributed by atoms with Crippen LogP contribution in [0.2, 0.25) is 0 Å². The van der Waals surface area contributed by atoms with Crippen molar-refractivity contribution in [3.63, 3.8) is 0 Å². The van der Waals surface area contributed by atoms with Gasteiger partial charge in [-0.3, -0.25) is 0 Å². The number of nitrogens with one attached hydrogen (secondary N) is 1. The maximum Gasteiger partial charge on any atom is 0.440 e. The summed E-state index contributed by atoms with van der Waals surface area (Å²) < 4.78 is 22.8. The van der Waals surface area contributed by atoms with Crippen LogP contribution in [0.15, 0.2) is 80.8 Å². The van der Waals surface area contributed by atoms with Gasteiger partial charge in [0, 0.05) is 6.61 Å². The molecule has 0 saturated carbocycles. The number of nitrogens with zero attached hydrogens (tertiary/aromatic N) is 1. The molecule has 0 bridgehead atoms. The van der Waals surface area contributed by atoms with Crippen molar-refractivity contribution in [3.05, 3.63) is 104 Å². The van der Waals surface area contributed by atoms with Crippen LogP contribution in [0.5, 0.6) is 11.5 Å². The molecule has 0 aliphatic carbocycles. The number of hydrogen-bond donors (Lipinski definition) is 1. The van der Waals surface area contributed by atoms with Gasteiger partial charge in [0.15, 0.2) is 0 Å². The van der Waals surface area contributed by atoms with Gasteiger partial charge in [0.1, 0.15) is 24.7 Å². The van der Waals surface area contributed by atoms with Gasteiger partial charge in [-0.05, 0) is 72.0 Å². The molecule has 0 spiro atoms. The van der Waals surface area contributed by atoms with Crippen molar-refractivity contribution in [2.45, 2.75) is 27.0 Å². The van der Waals surface area contributed by atoms with Crippen molar-refractivity contribution in [2.24, 2.45) is 0 Å². The van der Waals surface area contributed by atoms with E-state index in [2.05, 4.69) is 30.1 Å². The summed E-state index contributed by atoms with van der Waals surface area (Å²) in [5.74, 6) is 0.762. The Kier molecular flexibility index (Phi) is 7.84. The van der Waals surface area contributed by atoms with Gasteiger partial charge < -0.3 is 18.7 Å². The zero-order valence-electron chi connectivity index (χ0n) is 19.8. The number of H-pyrrole nitrogens is 1. The first kappa shape index (κ1) is 24.1. The van der Waals surface area contributed by atoms with Crippen LogP contribution in [0.4, 0.5) is 0 Å². The molecule has 0 aliphatic heterocycles. The van der Waals surface area contributed by atoms with Gasteiger partial charge in [0.05, 0.1) is 13.2 Å². The Hall–Kier alpha value is -4.04. The molecule has 0 saturated heterocycles. The van der Waals surface area contributed by atoms with Crippen LogP contribution in [0.1, 0.15) is 23.6 Å². The summed E-state index contributed by atoms with van der Waals surface area (Å²) in [5.41, 5.74) is 4.66. The zero-order chi connectivity index (χ0) is 24.6. The third-order valence-corrected chi connectivity index (χ3v) is 5.42. The third kappa shape index (κ3) is 6.51. The second-order valence-electron chi connectivity index (χ2n) is 8.00. The highest BCUT2D eigenvalue weighted by atomic mass is 16.5. The van der Waals surface area contributed by atoms with Crippen LogP contribution < -0.4 is 20.9 Å². The van der Waals surface area contributed by atoms with Gasteiger partial charge >= 0.3 is 11.4 Å². The van der Waals surface area contributed by atoms with Crippen LogP contribution in [0.25, 0.3) is 11.1 Å². The molecule has 8 nitrogen and oxygen atoms in total. The lowest BCUT2D eigenvalue weighted by Crippen LogP contribution is -2.17. The van der Waals surface area contributed by atoms with Gasteiger partial charge in [-0.15, -0.1) is 4.74 Å². The highest BCUT2D eigenvalue weighted by molar-refractivity contribution is 5.68. The molecule has 4 rings (SSSR count). The molecule has 0 amide bonds. The lowest BCUT2D eigenvalue weighted by molar-refractivity contribution is 0.110. The van der Waals surface area contributed by atoms with Crippen molar-refractivity contribution in [1.82, 2.24) is 9.72 Å². The predicted molar refractivity (Wildman–Crippen MR) is 132 cm³/mol. The Labute approximate surface area is 202 Å². The van der Waals surface area contributed by atoms with Crippen LogP contribution in [-0.4, -0.2) is 29.5 Å². The Bertz CT molecular complexity index is 1370. The van der Waals surface area contributed by atoms with Gasteiger partial charge in [0.2, 0.25) is 0 Å². The minimum atomic E-state index is -0.769. The fraction of sp³-hybridized carbons (Fsp3) is 0.259. The number of benzene rings is 3. The van der Waals surface area contributed by atoms with Crippen molar-refractivity contribution >= 4 is 0 Å². The first-order chi connectivity index (χ1) is 17.0. The number of aryl methyl sites for hydroxylation is 1. The summed E-state index contributed by atoms with van der Waals surface area (Å²) >= 11 is 0. The minimum Gasteiger partial charge on any atom is -0.491 e. The highest BCUT2D eigenvalue weighted by Crippen LogP contribution is 2.28. The summed E-state index contributed by atoms with van der Waals surface area (Å²) in [7, 11) is 0. The number of aromatic nitrogens is 2. The molecular formula is C27H28N2O6. The second kappa shape index (κ2) is 11.4. The van der Waals surface area contributed by atoms with E-state index in [1.165, 1.54) is 0 Å². The Morgan fingerprint density at radius 2 is 1.69 bits per heavy atom. The molecule has 1 aromatic heterocycles. The van der Waals surface area contributed by atoms with Crippen molar-refractivity contribution in [3.8, 4) is 22.6 Å². The van der Waals surface area contributed by atoms with E-state index in [9.17, 15) is 9.59 Å². The van der Waals surface area contributed by atoms with Crippen LogP contribution in [0, 0.1) is 6.92 Å². The van der Waals surface area contributed by atoms with E-state index in [1.807, 2.05) is 55.5 Å². The quantitative estimate of drug-likeness (QED) is 0.327. The fourth-order valence-electron chi connectivity index (χ4n) is 3.68. The van der Waals surface area contributed by atoms with Gasteiger partial charge in [-0.25, -0.2) is 14.6 Å². The molecule has 0 unspecified atom stereocenters. The van der Waals surface area contributed by atoms with E-state index < -0.39 is 11.4 Å². The predicted octanol–water partition coefficient (Wildman–Crippen LogP) is 4.15. The zero-order valence-corrected chi connectivity index (χ0v) is 19.8. The molecule has 0 atom stereocenters. The standard InChI is InChI=1S/C27H28N2O6/c1-3-32-13-14-33-24-11-12-25(19(2)15-24)22-6-4-5-21(16-22)18-34-23-9-7-20(8-10-23)17-29-26(30)28-27(31)35-29/h4-12,15-16H,3,13-14,17-18H2,1-2H3,(H,28,30,31). The molecule has 0 fully saturated rings. The summed E-state index contributed by atoms with van der Waals surface area (Å²) in [5, 5.41) is 0. The molecule has 4 aromatic rings. The number of hydrogen-bond acceptors (Lipinski definition) is 6. The first-order valence-corrected chi connectivity index (χ1v) is 11.4. The highest BCUT2D eigenvalue weighted by Gasteiger charge is 2.07. The van der Waals surface area contributed by atoms with Crippen molar-refractivity contribution < 1.29 is 18.7 Å². The van der Waals surface area contributed by atoms with Crippen LogP contribution in [0.3, 0.4) is 0 Å². The SMILES string of the molecule is CCOCCOc1ccc(-c2cccc(COc3ccc(Cn4oc(=O)[nH]c4=O)cc3)c2)c(C)c1. The lowest BCUT2D eigenvalue weighted by atomic mass is 9.99. The topological polar surface area (TPSA) is 95.7 Å². The summed E-state index contributed by atoms with van der Waals surface area (Å²) in [6.45, 7) is 6.40. The monoisotopic (exact) mass is 476 g/mol. The number of rotatable bonds is 11. The smallest absolute Gasteiger partial charge is 0.440 e. The summed E-state index contributed by atoms with van der Waals surface area (Å²) in [6, 6.07) is 21.6.